The van der Waals surface area contributed by atoms with E-state index in [0.29, 0.717) is 11.8 Å². The van der Waals surface area contributed by atoms with E-state index in [1.54, 1.807) is 0 Å². The third-order valence-corrected chi connectivity index (χ3v) is 5.41. The topological polar surface area (TPSA) is 35.2 Å². The van der Waals surface area contributed by atoms with Crippen molar-refractivity contribution in [1.82, 2.24) is 0 Å². The van der Waals surface area contributed by atoms with Gasteiger partial charge in [0.1, 0.15) is 0 Å². The minimum Gasteiger partial charge on any atom is -0.375 e. The largest absolute Gasteiger partial charge is 0.375 e. The lowest BCUT2D eigenvalue weighted by Gasteiger charge is -2.47. The molecule has 1 saturated carbocycles. The second-order valence-electron chi connectivity index (χ2n) is 5.47. The van der Waals surface area contributed by atoms with Crippen LogP contribution in [0.1, 0.15) is 37.7 Å². The van der Waals surface area contributed by atoms with E-state index in [0.717, 1.165) is 6.61 Å². The molecule has 1 aromatic carbocycles. The molecule has 3 heteroatoms. The van der Waals surface area contributed by atoms with Crippen molar-refractivity contribution in [2.45, 2.75) is 54.4 Å². The Kier molecular flexibility index (Phi) is 3.64. The molecule has 1 aliphatic heterocycles. The Labute approximate surface area is 113 Å². The highest BCUT2D eigenvalue weighted by atomic mass is 32.2. The zero-order valence-corrected chi connectivity index (χ0v) is 11.5. The van der Waals surface area contributed by atoms with Crippen molar-refractivity contribution in [3.05, 3.63) is 29.8 Å². The molecule has 0 bridgehead atoms. The van der Waals surface area contributed by atoms with Crippen LogP contribution in [-0.4, -0.2) is 17.5 Å². The van der Waals surface area contributed by atoms with Gasteiger partial charge < -0.3 is 10.5 Å². The fourth-order valence-electron chi connectivity index (χ4n) is 2.94. The molecule has 0 aromatic heterocycles. The van der Waals surface area contributed by atoms with Crippen LogP contribution < -0.4 is 5.73 Å². The van der Waals surface area contributed by atoms with Gasteiger partial charge in [0.25, 0.3) is 0 Å². The summed E-state index contributed by atoms with van der Waals surface area (Å²) in [7, 11) is 0. The predicted molar refractivity (Wildman–Crippen MR) is 75.7 cm³/mol. The van der Waals surface area contributed by atoms with Gasteiger partial charge in [0.05, 0.1) is 5.60 Å². The van der Waals surface area contributed by atoms with Gasteiger partial charge in [-0.2, -0.15) is 0 Å². The maximum atomic E-state index is 5.98. The van der Waals surface area contributed by atoms with E-state index >= 15 is 0 Å². The Morgan fingerprint density at radius 3 is 3.00 bits per heavy atom. The summed E-state index contributed by atoms with van der Waals surface area (Å²) < 4.78 is 5.98. The molecular weight excluding hydrogens is 242 g/mol. The van der Waals surface area contributed by atoms with Crippen LogP contribution in [0.3, 0.4) is 0 Å². The first-order chi connectivity index (χ1) is 8.80. The Hall–Kier alpha value is -0.510. The van der Waals surface area contributed by atoms with E-state index in [1.807, 2.05) is 11.8 Å². The molecule has 3 rings (SSSR count). The smallest absolute Gasteiger partial charge is 0.0693 e. The number of thioether (sulfide) groups is 1. The summed E-state index contributed by atoms with van der Waals surface area (Å²) >= 11 is 2.01. The molecule has 98 valence electrons. The number of hydrogen-bond donors (Lipinski definition) is 1. The highest BCUT2D eigenvalue weighted by Crippen LogP contribution is 2.46. The molecule has 1 spiro atoms. The average molecular weight is 263 g/mol. The minimum absolute atomic E-state index is 0.251. The maximum absolute atomic E-state index is 5.98. The highest BCUT2D eigenvalue weighted by molar-refractivity contribution is 8.00. The number of nitrogens with two attached hydrogens (primary N) is 1. The third-order valence-electron chi connectivity index (χ3n) is 4.15. The summed E-state index contributed by atoms with van der Waals surface area (Å²) in [5.74, 6) is 0. The van der Waals surface area contributed by atoms with Crippen LogP contribution in [0.4, 0.5) is 0 Å². The average Bonchev–Trinajstić information content (AvgIpc) is 2.37. The van der Waals surface area contributed by atoms with Crippen LogP contribution in [0, 0.1) is 0 Å². The van der Waals surface area contributed by atoms with Gasteiger partial charge in [-0.05, 0) is 49.8 Å². The van der Waals surface area contributed by atoms with Crippen molar-refractivity contribution in [1.29, 1.82) is 0 Å². The molecule has 2 fully saturated rings. The minimum atomic E-state index is 0.251. The van der Waals surface area contributed by atoms with Crippen molar-refractivity contribution >= 4 is 11.8 Å². The van der Waals surface area contributed by atoms with E-state index < -0.39 is 0 Å². The molecule has 2 nitrogen and oxygen atoms in total. The van der Waals surface area contributed by atoms with Crippen LogP contribution in [-0.2, 0) is 11.3 Å². The predicted octanol–water partition coefficient (Wildman–Crippen LogP) is 3.34. The first-order valence-corrected chi connectivity index (χ1v) is 7.77. The van der Waals surface area contributed by atoms with Crippen LogP contribution in [0.25, 0.3) is 0 Å². The van der Waals surface area contributed by atoms with Crippen molar-refractivity contribution in [2.75, 3.05) is 6.61 Å². The first-order valence-electron chi connectivity index (χ1n) is 6.89. The summed E-state index contributed by atoms with van der Waals surface area (Å²) in [6.07, 6.45) is 6.30. The van der Waals surface area contributed by atoms with E-state index in [9.17, 15) is 0 Å². The van der Waals surface area contributed by atoms with E-state index in [1.165, 1.54) is 42.6 Å². The lowest BCUT2D eigenvalue weighted by molar-refractivity contribution is -0.125. The van der Waals surface area contributed by atoms with Crippen molar-refractivity contribution in [3.8, 4) is 0 Å². The zero-order valence-electron chi connectivity index (χ0n) is 10.7. The van der Waals surface area contributed by atoms with Crippen molar-refractivity contribution in [2.24, 2.45) is 5.73 Å². The normalized spacial score (nSPS) is 25.9. The second kappa shape index (κ2) is 5.24. The molecule has 1 heterocycles. The standard InChI is InChI=1S/C15H21NOS/c16-11-12-3-1-4-13(9-12)18-14-5-8-17-15(10-14)6-2-7-15/h1,3-4,9,14H,2,5-8,10-11,16H2. The molecule has 18 heavy (non-hydrogen) atoms. The van der Waals surface area contributed by atoms with Crippen LogP contribution in [0.15, 0.2) is 29.2 Å². The van der Waals surface area contributed by atoms with E-state index in [2.05, 4.69) is 24.3 Å². The van der Waals surface area contributed by atoms with Gasteiger partial charge in [-0.15, -0.1) is 11.8 Å². The second-order valence-corrected chi connectivity index (χ2v) is 6.84. The first kappa shape index (κ1) is 12.5. The summed E-state index contributed by atoms with van der Waals surface area (Å²) in [4.78, 5) is 1.36. The lowest BCUT2D eigenvalue weighted by Crippen LogP contribution is -2.46. The molecule has 0 radical (unpaired) electrons. The van der Waals surface area contributed by atoms with E-state index in [-0.39, 0.29) is 5.60 Å². The van der Waals surface area contributed by atoms with Gasteiger partial charge in [0.2, 0.25) is 0 Å². The van der Waals surface area contributed by atoms with Gasteiger partial charge in [-0.25, -0.2) is 0 Å². The lowest BCUT2D eigenvalue weighted by atomic mass is 9.75. The third kappa shape index (κ3) is 2.58. The Morgan fingerprint density at radius 1 is 1.39 bits per heavy atom. The summed E-state index contributed by atoms with van der Waals surface area (Å²) in [5.41, 5.74) is 7.17. The van der Waals surface area contributed by atoms with Crippen molar-refractivity contribution < 1.29 is 4.74 Å². The van der Waals surface area contributed by atoms with Crippen LogP contribution >= 0.6 is 11.8 Å². The fraction of sp³-hybridized carbons (Fsp3) is 0.600. The fourth-order valence-corrected chi connectivity index (χ4v) is 4.30. The Balaban J connectivity index is 1.64. The number of ether oxygens (including phenoxy) is 1. The SMILES string of the molecule is NCc1cccc(SC2CCOC3(CCC3)C2)c1. The van der Waals surface area contributed by atoms with Gasteiger partial charge in [0, 0.05) is 23.3 Å². The monoisotopic (exact) mass is 263 g/mol. The van der Waals surface area contributed by atoms with E-state index in [4.69, 9.17) is 10.5 Å². The van der Waals surface area contributed by atoms with Gasteiger partial charge in [-0.3, -0.25) is 0 Å². The molecular formula is C15H21NOS. The number of rotatable bonds is 3. The molecule has 2 aliphatic rings. The number of hydrogen-bond acceptors (Lipinski definition) is 3. The maximum Gasteiger partial charge on any atom is 0.0693 e. The molecule has 1 atom stereocenters. The van der Waals surface area contributed by atoms with Gasteiger partial charge in [-0.1, -0.05) is 12.1 Å². The van der Waals surface area contributed by atoms with Crippen molar-refractivity contribution in [3.63, 3.8) is 0 Å². The van der Waals surface area contributed by atoms with Crippen LogP contribution in [0.5, 0.6) is 0 Å². The molecule has 1 saturated heterocycles. The summed E-state index contributed by atoms with van der Waals surface area (Å²) in [6.45, 7) is 1.57. The number of benzene rings is 1. The van der Waals surface area contributed by atoms with Crippen LogP contribution in [0.2, 0.25) is 0 Å². The van der Waals surface area contributed by atoms with Gasteiger partial charge >= 0.3 is 0 Å². The zero-order chi connectivity index (χ0) is 12.4. The molecule has 0 amide bonds. The summed E-state index contributed by atoms with van der Waals surface area (Å²) in [6, 6.07) is 8.64. The Morgan fingerprint density at radius 2 is 2.28 bits per heavy atom. The molecule has 2 N–H and O–H groups in total. The Bertz CT molecular complexity index is 417. The highest BCUT2D eigenvalue weighted by Gasteiger charge is 2.42. The summed E-state index contributed by atoms with van der Waals surface area (Å²) in [5, 5.41) is 0.715. The molecule has 1 aliphatic carbocycles. The molecule has 1 aromatic rings. The quantitative estimate of drug-likeness (QED) is 0.908. The molecule has 1 unspecified atom stereocenters. The van der Waals surface area contributed by atoms with Gasteiger partial charge in [0.15, 0.2) is 0 Å².